The number of Topliss-reactive ketones (excluding diaryl/α,β-unsaturated/α-hetero) is 1. The number of nitrogens with one attached hydrogen (secondary N) is 1. The van der Waals surface area contributed by atoms with Crippen LogP contribution in [0.1, 0.15) is 55.1 Å². The molecule has 2 rings (SSSR count). The smallest absolute Gasteiger partial charge is 0.176 e. The van der Waals surface area contributed by atoms with Gasteiger partial charge < -0.3 is 5.32 Å². The van der Waals surface area contributed by atoms with E-state index in [1.807, 2.05) is 6.92 Å². The molecule has 2 heteroatoms. The fourth-order valence-corrected chi connectivity index (χ4v) is 2.01. The summed E-state index contributed by atoms with van der Waals surface area (Å²) in [5, 5.41) is 3.29. The number of hydrogen-bond acceptors (Lipinski definition) is 2. The average Bonchev–Trinajstić information content (AvgIpc) is 3.08. The molecule has 0 aliphatic heterocycles. The average molecular weight is 245 g/mol. The molecule has 0 atom stereocenters. The van der Waals surface area contributed by atoms with Crippen molar-refractivity contribution in [3.63, 3.8) is 0 Å². The van der Waals surface area contributed by atoms with E-state index in [1.54, 1.807) is 0 Å². The third kappa shape index (κ3) is 3.20. The predicted octanol–water partition coefficient (Wildman–Crippen LogP) is 3.23. The maximum atomic E-state index is 12.2. The summed E-state index contributed by atoms with van der Waals surface area (Å²) in [6.07, 6.45) is 2.43. The van der Waals surface area contributed by atoms with Crippen molar-refractivity contribution in [2.75, 3.05) is 6.54 Å². The molecular weight excluding hydrogens is 222 g/mol. The van der Waals surface area contributed by atoms with Gasteiger partial charge in [-0.2, -0.15) is 0 Å². The highest BCUT2D eigenvalue weighted by molar-refractivity contribution is 5.99. The van der Waals surface area contributed by atoms with Crippen molar-refractivity contribution >= 4 is 5.78 Å². The van der Waals surface area contributed by atoms with Gasteiger partial charge in [0.15, 0.2) is 5.78 Å². The first kappa shape index (κ1) is 13.3. The second kappa shape index (κ2) is 4.85. The molecule has 1 aromatic carbocycles. The highest BCUT2D eigenvalue weighted by atomic mass is 16.1. The fourth-order valence-electron chi connectivity index (χ4n) is 2.01. The van der Waals surface area contributed by atoms with Crippen molar-refractivity contribution in [1.29, 1.82) is 0 Å². The first-order valence-corrected chi connectivity index (χ1v) is 6.75. The zero-order valence-corrected chi connectivity index (χ0v) is 11.8. The Morgan fingerprint density at radius 2 is 2.00 bits per heavy atom. The summed E-state index contributed by atoms with van der Waals surface area (Å²) in [5.41, 5.74) is 3.26. The summed E-state index contributed by atoms with van der Waals surface area (Å²) in [6.45, 7) is 9.01. The minimum absolute atomic E-state index is 0.0899. The first-order valence-electron chi connectivity index (χ1n) is 6.75. The van der Waals surface area contributed by atoms with E-state index in [1.165, 1.54) is 18.4 Å². The van der Waals surface area contributed by atoms with Crippen LogP contribution in [0.25, 0.3) is 0 Å². The van der Waals surface area contributed by atoms with E-state index >= 15 is 0 Å². The lowest BCUT2D eigenvalue weighted by atomic mass is 9.85. The van der Waals surface area contributed by atoms with Crippen LogP contribution < -0.4 is 5.32 Å². The van der Waals surface area contributed by atoms with Gasteiger partial charge in [-0.25, -0.2) is 0 Å². The van der Waals surface area contributed by atoms with Gasteiger partial charge in [-0.3, -0.25) is 4.79 Å². The van der Waals surface area contributed by atoms with Crippen molar-refractivity contribution in [1.82, 2.24) is 5.32 Å². The summed E-state index contributed by atoms with van der Waals surface area (Å²) in [6, 6.07) is 6.83. The maximum absolute atomic E-state index is 12.2. The lowest BCUT2D eigenvalue weighted by molar-refractivity contribution is 0.0990. The molecule has 0 bridgehead atoms. The summed E-state index contributed by atoms with van der Waals surface area (Å²) in [7, 11) is 0. The highest BCUT2D eigenvalue weighted by Crippen LogP contribution is 2.25. The number of ketones is 1. The minimum atomic E-state index is 0.0899. The first-order chi connectivity index (χ1) is 8.38. The molecule has 0 saturated heterocycles. The largest absolute Gasteiger partial charge is 0.307 e. The normalized spacial score (nSPS) is 15.8. The Kier molecular flexibility index (Phi) is 3.58. The molecule has 0 unspecified atom stereocenters. The third-order valence-corrected chi connectivity index (χ3v) is 3.53. The van der Waals surface area contributed by atoms with Crippen LogP contribution in [0.5, 0.6) is 0 Å². The summed E-state index contributed by atoms with van der Waals surface area (Å²) >= 11 is 0. The van der Waals surface area contributed by atoms with Crippen LogP contribution in [0.15, 0.2) is 18.2 Å². The molecule has 1 aliphatic carbocycles. The Labute approximate surface area is 110 Å². The third-order valence-electron chi connectivity index (χ3n) is 3.53. The van der Waals surface area contributed by atoms with Crippen LogP contribution in [0.3, 0.4) is 0 Å². The molecule has 0 amide bonds. The van der Waals surface area contributed by atoms with Crippen molar-refractivity contribution in [2.45, 2.75) is 52.0 Å². The van der Waals surface area contributed by atoms with Gasteiger partial charge in [0.05, 0.1) is 6.54 Å². The van der Waals surface area contributed by atoms with Crippen molar-refractivity contribution in [3.05, 3.63) is 34.9 Å². The standard InChI is InChI=1S/C16H23NO/c1-11-5-6-12(16(2,3)4)9-14(11)15(18)10-17-13-7-8-13/h5-6,9,13,17H,7-8,10H2,1-4H3. The highest BCUT2D eigenvalue weighted by Gasteiger charge is 2.22. The van der Waals surface area contributed by atoms with Gasteiger partial charge in [-0.05, 0) is 42.4 Å². The lowest BCUT2D eigenvalue weighted by Crippen LogP contribution is -2.25. The van der Waals surface area contributed by atoms with Gasteiger partial charge in [-0.1, -0.05) is 32.9 Å². The Morgan fingerprint density at radius 3 is 2.56 bits per heavy atom. The van der Waals surface area contributed by atoms with E-state index in [4.69, 9.17) is 0 Å². The zero-order valence-electron chi connectivity index (χ0n) is 11.8. The summed E-state index contributed by atoms with van der Waals surface area (Å²) in [4.78, 5) is 12.2. The maximum Gasteiger partial charge on any atom is 0.176 e. The van der Waals surface area contributed by atoms with Crippen molar-refractivity contribution in [2.24, 2.45) is 0 Å². The van der Waals surface area contributed by atoms with E-state index in [2.05, 4.69) is 44.3 Å². The number of rotatable bonds is 4. The van der Waals surface area contributed by atoms with Crippen LogP contribution >= 0.6 is 0 Å². The molecule has 2 nitrogen and oxygen atoms in total. The number of carbonyl (C=O) groups excluding carboxylic acids is 1. The molecule has 98 valence electrons. The molecule has 1 aliphatic rings. The second-order valence-corrected chi connectivity index (χ2v) is 6.36. The van der Waals surface area contributed by atoms with Crippen molar-refractivity contribution in [3.8, 4) is 0 Å². The molecule has 0 spiro atoms. The number of carbonyl (C=O) groups is 1. The molecule has 1 N–H and O–H groups in total. The van der Waals surface area contributed by atoms with E-state index in [9.17, 15) is 4.79 Å². The summed E-state index contributed by atoms with van der Waals surface area (Å²) < 4.78 is 0. The Hall–Kier alpha value is -1.15. The van der Waals surface area contributed by atoms with E-state index in [0.717, 1.165) is 11.1 Å². The van der Waals surface area contributed by atoms with Gasteiger partial charge in [0.1, 0.15) is 0 Å². The zero-order chi connectivity index (χ0) is 13.3. The quantitative estimate of drug-likeness (QED) is 0.825. The van der Waals surface area contributed by atoms with Crippen LogP contribution in [-0.2, 0) is 5.41 Å². The molecule has 18 heavy (non-hydrogen) atoms. The lowest BCUT2D eigenvalue weighted by Gasteiger charge is -2.20. The molecule has 1 saturated carbocycles. The molecule has 0 aromatic heterocycles. The topological polar surface area (TPSA) is 29.1 Å². The van der Waals surface area contributed by atoms with Crippen LogP contribution in [0.4, 0.5) is 0 Å². The van der Waals surface area contributed by atoms with E-state index < -0.39 is 0 Å². The molecule has 0 radical (unpaired) electrons. The minimum Gasteiger partial charge on any atom is -0.307 e. The Balaban J connectivity index is 2.16. The van der Waals surface area contributed by atoms with E-state index in [-0.39, 0.29) is 11.2 Å². The molecule has 0 heterocycles. The van der Waals surface area contributed by atoms with E-state index in [0.29, 0.717) is 12.6 Å². The second-order valence-electron chi connectivity index (χ2n) is 6.36. The number of aryl methyl sites for hydroxylation is 1. The van der Waals surface area contributed by atoms with Gasteiger partial charge in [-0.15, -0.1) is 0 Å². The van der Waals surface area contributed by atoms with Gasteiger partial charge in [0.25, 0.3) is 0 Å². The molecule has 1 fully saturated rings. The predicted molar refractivity (Wildman–Crippen MR) is 75.2 cm³/mol. The van der Waals surface area contributed by atoms with Crippen LogP contribution in [-0.4, -0.2) is 18.4 Å². The fraction of sp³-hybridized carbons (Fsp3) is 0.562. The van der Waals surface area contributed by atoms with Gasteiger partial charge in [0, 0.05) is 11.6 Å². The number of benzene rings is 1. The Bertz CT molecular complexity index is 453. The van der Waals surface area contributed by atoms with Crippen LogP contribution in [0.2, 0.25) is 0 Å². The van der Waals surface area contributed by atoms with Gasteiger partial charge >= 0.3 is 0 Å². The SMILES string of the molecule is Cc1ccc(C(C)(C)C)cc1C(=O)CNC1CC1. The summed E-state index contributed by atoms with van der Waals surface area (Å²) in [5.74, 6) is 0.213. The molecular formula is C16H23NO. The number of hydrogen-bond donors (Lipinski definition) is 1. The van der Waals surface area contributed by atoms with Crippen LogP contribution in [0, 0.1) is 6.92 Å². The molecule has 1 aromatic rings. The monoisotopic (exact) mass is 245 g/mol. The van der Waals surface area contributed by atoms with Gasteiger partial charge in [0.2, 0.25) is 0 Å². The van der Waals surface area contributed by atoms with Crippen molar-refractivity contribution < 1.29 is 4.79 Å². The Morgan fingerprint density at radius 1 is 1.33 bits per heavy atom.